The van der Waals surface area contributed by atoms with Crippen molar-refractivity contribution in [3.8, 4) is 0 Å². The van der Waals surface area contributed by atoms with Gasteiger partial charge in [0.2, 0.25) is 0 Å². The van der Waals surface area contributed by atoms with E-state index in [4.69, 9.17) is 0 Å². The second kappa shape index (κ2) is 4.12. The van der Waals surface area contributed by atoms with Crippen LogP contribution in [0.4, 0.5) is 8.78 Å². The number of rotatable bonds is 1. The SMILES string of the molecule is O=C1CC(=O)CC(c2cccc(F)c2F)C1. The molecule has 0 unspecified atom stereocenters. The molecular weight excluding hydrogens is 214 g/mol. The fraction of sp³-hybridized carbons (Fsp3) is 0.333. The molecule has 1 aromatic rings. The second-order valence-electron chi connectivity index (χ2n) is 4.00. The summed E-state index contributed by atoms with van der Waals surface area (Å²) in [5, 5.41) is 0. The average molecular weight is 224 g/mol. The van der Waals surface area contributed by atoms with Gasteiger partial charge in [-0.3, -0.25) is 9.59 Å². The van der Waals surface area contributed by atoms with Crippen molar-refractivity contribution in [2.24, 2.45) is 0 Å². The van der Waals surface area contributed by atoms with Crippen molar-refractivity contribution in [1.82, 2.24) is 0 Å². The highest BCUT2D eigenvalue weighted by molar-refractivity contribution is 6.02. The Bertz CT molecular complexity index is 438. The molecule has 0 amide bonds. The van der Waals surface area contributed by atoms with Crippen molar-refractivity contribution in [2.45, 2.75) is 25.2 Å². The van der Waals surface area contributed by atoms with Crippen LogP contribution in [0, 0.1) is 11.6 Å². The van der Waals surface area contributed by atoms with Crippen LogP contribution in [-0.2, 0) is 9.59 Å². The lowest BCUT2D eigenvalue weighted by Crippen LogP contribution is -2.22. The molecule has 4 heteroatoms. The summed E-state index contributed by atoms with van der Waals surface area (Å²) in [7, 11) is 0. The van der Waals surface area contributed by atoms with Gasteiger partial charge in [0, 0.05) is 18.8 Å². The zero-order valence-electron chi connectivity index (χ0n) is 8.50. The largest absolute Gasteiger partial charge is 0.299 e. The van der Waals surface area contributed by atoms with Gasteiger partial charge in [0.1, 0.15) is 11.6 Å². The molecule has 1 aromatic carbocycles. The highest BCUT2D eigenvalue weighted by Gasteiger charge is 2.28. The maximum atomic E-state index is 13.4. The molecule has 0 heterocycles. The molecule has 1 aliphatic carbocycles. The van der Waals surface area contributed by atoms with Gasteiger partial charge in [-0.15, -0.1) is 0 Å². The first kappa shape index (κ1) is 10.9. The Hall–Kier alpha value is -1.58. The van der Waals surface area contributed by atoms with Crippen molar-refractivity contribution in [2.75, 3.05) is 0 Å². The molecule has 0 saturated heterocycles. The normalized spacial score (nSPS) is 17.9. The van der Waals surface area contributed by atoms with Crippen LogP contribution in [0.3, 0.4) is 0 Å². The summed E-state index contributed by atoms with van der Waals surface area (Å²) in [4.78, 5) is 22.4. The third-order valence-electron chi connectivity index (χ3n) is 2.76. The van der Waals surface area contributed by atoms with E-state index in [1.165, 1.54) is 12.1 Å². The Kier molecular flexibility index (Phi) is 2.81. The summed E-state index contributed by atoms with van der Waals surface area (Å²) in [6.45, 7) is 0. The van der Waals surface area contributed by atoms with Gasteiger partial charge in [-0.2, -0.15) is 0 Å². The van der Waals surface area contributed by atoms with Crippen molar-refractivity contribution in [3.05, 3.63) is 35.4 Å². The molecule has 0 atom stereocenters. The highest BCUT2D eigenvalue weighted by atomic mass is 19.2. The molecule has 1 aliphatic rings. The zero-order chi connectivity index (χ0) is 11.7. The Balaban J connectivity index is 2.33. The molecule has 1 fully saturated rings. The number of halogens is 2. The van der Waals surface area contributed by atoms with Gasteiger partial charge in [-0.25, -0.2) is 8.78 Å². The molecule has 0 radical (unpaired) electrons. The predicted octanol–water partition coefficient (Wildman–Crippen LogP) is 2.37. The van der Waals surface area contributed by atoms with Crippen LogP contribution in [-0.4, -0.2) is 11.6 Å². The van der Waals surface area contributed by atoms with Crippen molar-refractivity contribution in [3.63, 3.8) is 0 Å². The summed E-state index contributed by atoms with van der Waals surface area (Å²) in [6.07, 6.45) is 0.158. The lowest BCUT2D eigenvalue weighted by atomic mass is 9.82. The number of ketones is 2. The van der Waals surface area contributed by atoms with E-state index in [9.17, 15) is 18.4 Å². The summed E-state index contributed by atoms with van der Waals surface area (Å²) < 4.78 is 26.4. The Morgan fingerprint density at radius 2 is 1.69 bits per heavy atom. The number of hydrogen-bond donors (Lipinski definition) is 0. The maximum absolute atomic E-state index is 13.4. The van der Waals surface area contributed by atoms with Gasteiger partial charge in [-0.1, -0.05) is 12.1 Å². The minimum absolute atomic E-state index is 0.0760. The molecule has 0 aliphatic heterocycles. The number of carbonyl (C=O) groups excluding carboxylic acids is 2. The van der Waals surface area contributed by atoms with Crippen LogP contribution >= 0.6 is 0 Å². The van der Waals surface area contributed by atoms with Crippen LogP contribution in [0.1, 0.15) is 30.7 Å². The molecule has 0 aromatic heterocycles. The van der Waals surface area contributed by atoms with E-state index in [1.54, 1.807) is 0 Å². The predicted molar refractivity (Wildman–Crippen MR) is 53.0 cm³/mol. The molecule has 0 spiro atoms. The first-order valence-corrected chi connectivity index (χ1v) is 5.05. The van der Waals surface area contributed by atoms with Crippen LogP contribution in [0.2, 0.25) is 0 Å². The van der Waals surface area contributed by atoms with Gasteiger partial charge in [0.05, 0.1) is 6.42 Å². The first-order valence-electron chi connectivity index (χ1n) is 5.05. The number of Topliss-reactive ketones (excluding diaryl/α,β-unsaturated/α-hetero) is 2. The van der Waals surface area contributed by atoms with Gasteiger partial charge >= 0.3 is 0 Å². The summed E-state index contributed by atoms with van der Waals surface area (Å²) in [6, 6.07) is 3.83. The van der Waals surface area contributed by atoms with E-state index in [1.807, 2.05) is 0 Å². The summed E-state index contributed by atoms with van der Waals surface area (Å²) >= 11 is 0. The average Bonchev–Trinajstić information content (AvgIpc) is 2.20. The van der Waals surface area contributed by atoms with Gasteiger partial charge in [0.15, 0.2) is 11.6 Å². The maximum Gasteiger partial charge on any atom is 0.162 e. The first-order chi connectivity index (χ1) is 7.58. The Morgan fingerprint density at radius 3 is 2.31 bits per heavy atom. The molecule has 84 valence electrons. The summed E-state index contributed by atoms with van der Waals surface area (Å²) in [5.41, 5.74) is 0.126. The number of carbonyl (C=O) groups is 2. The fourth-order valence-electron chi connectivity index (χ4n) is 2.04. The van der Waals surface area contributed by atoms with E-state index >= 15 is 0 Å². The highest BCUT2D eigenvalue weighted by Crippen LogP contribution is 2.31. The van der Waals surface area contributed by atoms with Crippen molar-refractivity contribution in [1.29, 1.82) is 0 Å². The van der Waals surface area contributed by atoms with Crippen LogP contribution in [0.15, 0.2) is 18.2 Å². The van der Waals surface area contributed by atoms with Gasteiger partial charge in [0.25, 0.3) is 0 Å². The monoisotopic (exact) mass is 224 g/mol. The van der Waals surface area contributed by atoms with Crippen LogP contribution < -0.4 is 0 Å². The quantitative estimate of drug-likeness (QED) is 0.686. The Morgan fingerprint density at radius 1 is 1.06 bits per heavy atom. The molecular formula is C12H10F2O2. The topological polar surface area (TPSA) is 34.1 Å². The molecule has 0 N–H and O–H groups in total. The summed E-state index contributed by atoms with van der Waals surface area (Å²) in [5.74, 6) is -2.81. The fourth-order valence-corrected chi connectivity index (χ4v) is 2.04. The number of benzene rings is 1. The lowest BCUT2D eigenvalue weighted by molar-refractivity contribution is -0.130. The Labute approximate surface area is 91.3 Å². The standard InChI is InChI=1S/C12H10F2O2/c13-11-3-1-2-10(12(11)14)7-4-8(15)6-9(16)5-7/h1-3,7H,4-6H2. The minimum atomic E-state index is -0.949. The van der Waals surface area contributed by atoms with Gasteiger partial charge < -0.3 is 0 Å². The molecule has 2 nitrogen and oxygen atoms in total. The third-order valence-corrected chi connectivity index (χ3v) is 2.76. The van der Waals surface area contributed by atoms with Crippen LogP contribution in [0.5, 0.6) is 0 Å². The lowest BCUT2D eigenvalue weighted by Gasteiger charge is -2.20. The van der Waals surface area contributed by atoms with E-state index in [0.29, 0.717) is 0 Å². The second-order valence-corrected chi connectivity index (χ2v) is 4.00. The smallest absolute Gasteiger partial charge is 0.162 e. The molecule has 2 rings (SSSR count). The van der Waals surface area contributed by atoms with E-state index in [0.717, 1.165) is 6.07 Å². The molecule has 0 bridgehead atoms. The van der Waals surface area contributed by atoms with E-state index in [-0.39, 0.29) is 36.4 Å². The number of hydrogen-bond acceptors (Lipinski definition) is 2. The molecule has 1 saturated carbocycles. The zero-order valence-corrected chi connectivity index (χ0v) is 8.50. The molecule has 16 heavy (non-hydrogen) atoms. The van der Waals surface area contributed by atoms with Gasteiger partial charge in [-0.05, 0) is 11.6 Å². The van der Waals surface area contributed by atoms with E-state index in [2.05, 4.69) is 0 Å². The van der Waals surface area contributed by atoms with Crippen LogP contribution in [0.25, 0.3) is 0 Å². The van der Waals surface area contributed by atoms with Crippen molar-refractivity contribution >= 4 is 11.6 Å². The van der Waals surface area contributed by atoms with E-state index < -0.39 is 17.6 Å². The minimum Gasteiger partial charge on any atom is -0.299 e. The van der Waals surface area contributed by atoms with Crippen molar-refractivity contribution < 1.29 is 18.4 Å². The third kappa shape index (κ3) is 2.01.